The molecule has 1 aromatic heterocycles. The smallest absolute Gasteiger partial charge is 0.135 e. The number of nitrogens with one attached hydrogen (secondary N) is 2. The van der Waals surface area contributed by atoms with Gasteiger partial charge in [0, 0.05) is 19.2 Å². The molecule has 0 aliphatic rings. The molecule has 2 N–H and O–H groups in total. The zero-order valence-electron chi connectivity index (χ0n) is 11.3. The molecule has 4 nitrogen and oxygen atoms in total. The lowest BCUT2D eigenvalue weighted by molar-refractivity contribution is 0.627. The van der Waals surface area contributed by atoms with Crippen molar-refractivity contribution in [2.75, 3.05) is 17.7 Å². The number of aryl methyl sites for hydroxylation is 1. The van der Waals surface area contributed by atoms with E-state index < -0.39 is 0 Å². The van der Waals surface area contributed by atoms with Gasteiger partial charge in [0.2, 0.25) is 0 Å². The highest BCUT2D eigenvalue weighted by atomic mass is 19.1. The molecule has 1 aromatic carbocycles. The topological polar surface area (TPSA) is 49.8 Å². The third kappa shape index (κ3) is 3.19. The Bertz CT molecular complexity index is 566. The Labute approximate surface area is 112 Å². The Balaban J connectivity index is 2.15. The first-order chi connectivity index (χ1) is 9.10. The molecule has 2 aromatic rings. The van der Waals surface area contributed by atoms with Crippen molar-refractivity contribution < 1.29 is 4.39 Å². The lowest BCUT2D eigenvalue weighted by Crippen LogP contribution is -2.08. The molecule has 0 unspecified atom stereocenters. The maximum atomic E-state index is 12.8. The molecule has 2 rings (SSSR count). The van der Waals surface area contributed by atoms with Gasteiger partial charge in [-0.2, -0.15) is 0 Å². The first-order valence-electron chi connectivity index (χ1n) is 6.11. The number of nitrogens with zero attached hydrogens (tertiary/aromatic N) is 2. The molecule has 0 bridgehead atoms. The van der Waals surface area contributed by atoms with Gasteiger partial charge in [0.15, 0.2) is 0 Å². The fourth-order valence-corrected chi connectivity index (χ4v) is 1.83. The van der Waals surface area contributed by atoms with Gasteiger partial charge in [0.05, 0.1) is 0 Å². The first-order valence-corrected chi connectivity index (χ1v) is 6.11. The van der Waals surface area contributed by atoms with E-state index in [1.807, 2.05) is 20.9 Å². The summed E-state index contributed by atoms with van der Waals surface area (Å²) in [6.45, 7) is 4.41. The lowest BCUT2D eigenvalue weighted by Gasteiger charge is -2.12. The van der Waals surface area contributed by atoms with Crippen LogP contribution in [0, 0.1) is 19.7 Å². The van der Waals surface area contributed by atoms with E-state index in [0.717, 1.165) is 22.8 Å². The van der Waals surface area contributed by atoms with Gasteiger partial charge < -0.3 is 10.6 Å². The predicted molar refractivity (Wildman–Crippen MR) is 74.8 cm³/mol. The van der Waals surface area contributed by atoms with E-state index in [2.05, 4.69) is 20.6 Å². The monoisotopic (exact) mass is 260 g/mol. The van der Waals surface area contributed by atoms with Crippen molar-refractivity contribution in [1.82, 2.24) is 9.97 Å². The van der Waals surface area contributed by atoms with Crippen LogP contribution in [0.3, 0.4) is 0 Å². The number of hydrogen-bond donors (Lipinski definition) is 2. The van der Waals surface area contributed by atoms with Crippen LogP contribution in [0.1, 0.15) is 17.0 Å². The van der Waals surface area contributed by atoms with Gasteiger partial charge in [0.25, 0.3) is 0 Å². The summed E-state index contributed by atoms with van der Waals surface area (Å²) in [4.78, 5) is 8.68. The van der Waals surface area contributed by atoms with Crippen molar-refractivity contribution >= 4 is 11.6 Å². The van der Waals surface area contributed by atoms with Crippen molar-refractivity contribution in [2.24, 2.45) is 0 Å². The Morgan fingerprint density at radius 3 is 2.32 bits per heavy atom. The minimum absolute atomic E-state index is 0.227. The van der Waals surface area contributed by atoms with Gasteiger partial charge in [-0.1, -0.05) is 12.1 Å². The quantitative estimate of drug-likeness (QED) is 0.887. The summed E-state index contributed by atoms with van der Waals surface area (Å²) in [5.41, 5.74) is 1.97. The van der Waals surface area contributed by atoms with Gasteiger partial charge in [-0.3, -0.25) is 0 Å². The Morgan fingerprint density at radius 2 is 1.68 bits per heavy atom. The number of hydrogen-bond acceptors (Lipinski definition) is 4. The van der Waals surface area contributed by atoms with Crippen LogP contribution in [0.5, 0.6) is 0 Å². The highest BCUT2D eigenvalue weighted by Crippen LogP contribution is 2.19. The molecule has 0 aliphatic carbocycles. The van der Waals surface area contributed by atoms with Crippen LogP contribution in [0.4, 0.5) is 16.0 Å². The molecule has 0 fully saturated rings. The molecule has 0 aliphatic heterocycles. The van der Waals surface area contributed by atoms with E-state index >= 15 is 0 Å². The number of benzene rings is 1. The van der Waals surface area contributed by atoms with Crippen molar-refractivity contribution in [2.45, 2.75) is 20.4 Å². The molecule has 5 heteroatoms. The molecule has 0 atom stereocenters. The average molecular weight is 260 g/mol. The van der Waals surface area contributed by atoms with Gasteiger partial charge in [0.1, 0.15) is 23.3 Å². The normalized spacial score (nSPS) is 10.3. The molecule has 0 amide bonds. The van der Waals surface area contributed by atoms with Crippen LogP contribution < -0.4 is 10.6 Å². The Morgan fingerprint density at radius 1 is 1.05 bits per heavy atom. The number of halogens is 1. The maximum absolute atomic E-state index is 12.8. The lowest BCUT2D eigenvalue weighted by atomic mass is 10.2. The SMILES string of the molecule is CNc1nc(C)nc(NCc2ccc(F)cc2)c1C. The standard InChI is InChI=1S/C14H17FN4/c1-9-13(16-3)18-10(2)19-14(9)17-8-11-4-6-12(15)7-5-11/h4-7H,8H2,1-3H3,(H2,16,17,18,19). The summed E-state index contributed by atoms with van der Waals surface area (Å²) in [6.07, 6.45) is 0. The molecule has 0 saturated heterocycles. The highest BCUT2D eigenvalue weighted by Gasteiger charge is 2.07. The average Bonchev–Trinajstić information content (AvgIpc) is 2.41. The molecular formula is C14H17FN4. The van der Waals surface area contributed by atoms with Crippen LogP contribution in [-0.2, 0) is 6.54 Å². The van der Waals surface area contributed by atoms with Gasteiger partial charge >= 0.3 is 0 Å². The van der Waals surface area contributed by atoms with E-state index in [0.29, 0.717) is 12.4 Å². The molecule has 1 heterocycles. The highest BCUT2D eigenvalue weighted by molar-refractivity contribution is 5.57. The zero-order valence-corrected chi connectivity index (χ0v) is 11.3. The minimum atomic E-state index is -0.227. The molecule has 19 heavy (non-hydrogen) atoms. The summed E-state index contributed by atoms with van der Waals surface area (Å²) < 4.78 is 12.8. The largest absolute Gasteiger partial charge is 0.373 e. The van der Waals surface area contributed by atoms with Crippen molar-refractivity contribution in [3.8, 4) is 0 Å². The fourth-order valence-electron chi connectivity index (χ4n) is 1.83. The third-order valence-corrected chi connectivity index (χ3v) is 2.87. The van der Waals surface area contributed by atoms with Crippen LogP contribution in [0.2, 0.25) is 0 Å². The fraction of sp³-hybridized carbons (Fsp3) is 0.286. The molecule has 0 saturated carbocycles. The van der Waals surface area contributed by atoms with E-state index in [1.165, 1.54) is 12.1 Å². The molecule has 0 radical (unpaired) electrons. The summed E-state index contributed by atoms with van der Waals surface area (Å²) >= 11 is 0. The second-order valence-electron chi connectivity index (χ2n) is 4.32. The maximum Gasteiger partial charge on any atom is 0.135 e. The van der Waals surface area contributed by atoms with Crippen molar-refractivity contribution in [3.05, 3.63) is 47.0 Å². The number of rotatable bonds is 4. The van der Waals surface area contributed by atoms with E-state index in [-0.39, 0.29) is 5.82 Å². The van der Waals surface area contributed by atoms with E-state index in [4.69, 9.17) is 0 Å². The van der Waals surface area contributed by atoms with Crippen molar-refractivity contribution in [3.63, 3.8) is 0 Å². The molecular weight excluding hydrogens is 243 g/mol. The van der Waals surface area contributed by atoms with Gasteiger partial charge in [-0.15, -0.1) is 0 Å². The van der Waals surface area contributed by atoms with Gasteiger partial charge in [-0.25, -0.2) is 14.4 Å². The van der Waals surface area contributed by atoms with E-state index in [1.54, 1.807) is 12.1 Å². The number of anilines is 2. The summed E-state index contributed by atoms with van der Waals surface area (Å²) in [5, 5.41) is 6.29. The molecule has 100 valence electrons. The predicted octanol–water partition coefficient (Wildman–Crippen LogP) is 2.89. The number of aromatic nitrogens is 2. The second-order valence-corrected chi connectivity index (χ2v) is 4.32. The van der Waals surface area contributed by atoms with Gasteiger partial charge in [-0.05, 0) is 31.5 Å². The van der Waals surface area contributed by atoms with Crippen molar-refractivity contribution in [1.29, 1.82) is 0 Å². The zero-order chi connectivity index (χ0) is 13.8. The van der Waals surface area contributed by atoms with Crippen LogP contribution in [0.25, 0.3) is 0 Å². The second kappa shape index (κ2) is 5.65. The first kappa shape index (κ1) is 13.3. The van der Waals surface area contributed by atoms with E-state index in [9.17, 15) is 4.39 Å². The van der Waals surface area contributed by atoms with Crippen LogP contribution >= 0.6 is 0 Å². The Kier molecular flexibility index (Phi) is 3.94. The summed E-state index contributed by atoms with van der Waals surface area (Å²) in [5.74, 6) is 2.09. The Hall–Kier alpha value is -2.17. The summed E-state index contributed by atoms with van der Waals surface area (Å²) in [7, 11) is 1.83. The molecule has 0 spiro atoms. The van der Waals surface area contributed by atoms with Crippen LogP contribution in [0.15, 0.2) is 24.3 Å². The minimum Gasteiger partial charge on any atom is -0.373 e. The summed E-state index contributed by atoms with van der Waals surface area (Å²) in [6, 6.07) is 6.41. The third-order valence-electron chi connectivity index (χ3n) is 2.87. The van der Waals surface area contributed by atoms with Crippen LogP contribution in [-0.4, -0.2) is 17.0 Å².